The van der Waals surface area contributed by atoms with Gasteiger partial charge in [-0.2, -0.15) is 0 Å². The molecule has 2 aromatic rings. The van der Waals surface area contributed by atoms with Crippen molar-refractivity contribution < 1.29 is 19.2 Å². The van der Waals surface area contributed by atoms with Crippen LogP contribution in [0.25, 0.3) is 10.9 Å². The summed E-state index contributed by atoms with van der Waals surface area (Å²) in [7, 11) is 5.56. The number of fused-ring (bicyclic) bond motifs is 1. The second-order valence-corrected chi connectivity index (χ2v) is 11.2. The number of aldehydes is 1. The number of ether oxygens (including phenoxy) is 1. The first kappa shape index (κ1) is 23.7. The van der Waals surface area contributed by atoms with Gasteiger partial charge in [0.1, 0.15) is 12.6 Å². The number of morpholine rings is 1. The Hall–Kier alpha value is -1.99. The molecule has 165 valence electrons. The quantitative estimate of drug-likeness (QED) is 0.171. The Kier molecular flexibility index (Phi) is 8.06. The molecule has 0 unspecified atom stereocenters. The Bertz CT molecular complexity index is 946. The van der Waals surface area contributed by atoms with Crippen LogP contribution in [-0.4, -0.2) is 99.4 Å². The molecule has 1 aliphatic heterocycles. The van der Waals surface area contributed by atoms with Crippen LogP contribution in [0.3, 0.4) is 0 Å². The predicted octanol–water partition coefficient (Wildman–Crippen LogP) is 1.12. The normalized spacial score (nSPS) is 17.7. The molecule has 1 saturated carbocycles. The van der Waals surface area contributed by atoms with Gasteiger partial charge in [-0.25, -0.2) is 0 Å². The SMILES string of the molecule is CO/N=C(\NC=O)C1(n2c(C=O)cc3cc(N4CCOCC4)ccc32)CC1.C[N](C)[Pb]. The van der Waals surface area contributed by atoms with E-state index in [-0.39, 0.29) is 0 Å². The molecular formula is C21H28N5O4Pb. The van der Waals surface area contributed by atoms with Gasteiger partial charge in [0.25, 0.3) is 0 Å². The summed E-state index contributed by atoms with van der Waals surface area (Å²) in [6.07, 6.45) is 2.97. The first-order chi connectivity index (χ1) is 15.0. The Labute approximate surface area is 198 Å². The minimum absolute atomic E-state index is 0.415. The number of amidine groups is 1. The number of rotatable bonds is 6. The number of amides is 1. The summed E-state index contributed by atoms with van der Waals surface area (Å²) in [5.74, 6) is 0.415. The standard InChI is InChI=1S/C19H22N4O4.C2H6N.Pb/c1-26-21-18(20-13-25)19(4-5-19)23-16(12-24)11-14-10-15(2-3-17(14)23)22-6-8-27-9-7-22;1-3-2;/h2-3,10-13H,4-9H2,1H3,(H,20,21,25);1-2H3;/q;-1;+1. The van der Waals surface area contributed by atoms with Crippen LogP contribution in [0.5, 0.6) is 0 Å². The third kappa shape index (κ3) is 5.26. The summed E-state index contributed by atoms with van der Waals surface area (Å²) in [6.45, 7) is 3.14. The second kappa shape index (κ2) is 10.6. The number of anilines is 1. The first-order valence-corrected chi connectivity index (χ1v) is 11.8. The Morgan fingerprint density at radius 3 is 2.48 bits per heavy atom. The van der Waals surface area contributed by atoms with Gasteiger partial charge in [0, 0.05) is 29.7 Å². The number of benzene rings is 1. The molecule has 2 heterocycles. The van der Waals surface area contributed by atoms with E-state index >= 15 is 0 Å². The molecule has 0 bridgehead atoms. The molecule has 2 aliphatic rings. The van der Waals surface area contributed by atoms with Gasteiger partial charge < -0.3 is 24.4 Å². The fourth-order valence-corrected chi connectivity index (χ4v) is 3.88. The van der Waals surface area contributed by atoms with Gasteiger partial charge in [0.2, 0.25) is 6.41 Å². The predicted molar refractivity (Wildman–Crippen MR) is 121 cm³/mol. The van der Waals surface area contributed by atoms with Gasteiger partial charge in [-0.3, -0.25) is 9.59 Å². The van der Waals surface area contributed by atoms with E-state index < -0.39 is 5.54 Å². The van der Waals surface area contributed by atoms with Crippen LogP contribution in [-0.2, 0) is 19.9 Å². The van der Waals surface area contributed by atoms with Gasteiger partial charge in [-0.15, -0.1) is 0 Å². The second-order valence-electron chi connectivity index (χ2n) is 7.68. The number of nitrogens with zero attached hydrogens (tertiary/aromatic N) is 4. The third-order valence-corrected chi connectivity index (χ3v) is 5.28. The van der Waals surface area contributed by atoms with Crippen LogP contribution in [0.1, 0.15) is 23.3 Å². The fraction of sp³-hybridized carbons (Fsp3) is 0.476. The van der Waals surface area contributed by atoms with Crippen LogP contribution in [0, 0.1) is 0 Å². The van der Waals surface area contributed by atoms with E-state index in [9.17, 15) is 9.59 Å². The van der Waals surface area contributed by atoms with Crippen LogP contribution in [0.15, 0.2) is 29.4 Å². The molecular weight excluding hydrogens is 593 g/mol. The average molecular weight is 622 g/mol. The van der Waals surface area contributed by atoms with E-state index in [0.29, 0.717) is 17.9 Å². The van der Waals surface area contributed by atoms with Gasteiger partial charge in [0.15, 0.2) is 12.1 Å². The first-order valence-electron chi connectivity index (χ1n) is 10.1. The van der Waals surface area contributed by atoms with Gasteiger partial charge >= 0.3 is 42.9 Å². The molecule has 1 N–H and O–H groups in total. The molecule has 2 fully saturated rings. The number of hydrogen-bond acceptors (Lipinski definition) is 7. The van der Waals surface area contributed by atoms with Crippen molar-refractivity contribution in [1.29, 1.82) is 0 Å². The van der Waals surface area contributed by atoms with Crippen molar-refractivity contribution in [3.63, 3.8) is 0 Å². The molecule has 4 rings (SSSR count). The van der Waals surface area contributed by atoms with Gasteiger partial charge in [-0.1, -0.05) is 5.16 Å². The molecule has 9 nitrogen and oxygen atoms in total. The summed E-state index contributed by atoms with van der Waals surface area (Å²) >= 11 is 1.18. The number of nitrogens with one attached hydrogen (secondary N) is 1. The van der Waals surface area contributed by atoms with Crippen molar-refractivity contribution >= 4 is 61.2 Å². The van der Waals surface area contributed by atoms with Crippen molar-refractivity contribution in [2.24, 2.45) is 5.16 Å². The van der Waals surface area contributed by atoms with Crippen LogP contribution in [0.4, 0.5) is 5.69 Å². The average Bonchev–Trinajstić information content (AvgIpc) is 3.47. The summed E-state index contributed by atoms with van der Waals surface area (Å²) in [6, 6.07) is 8.08. The van der Waals surface area contributed by atoms with Crippen LogP contribution < -0.4 is 10.2 Å². The number of carbonyl (C=O) groups is 2. The molecule has 0 atom stereocenters. The zero-order chi connectivity index (χ0) is 22.4. The number of aromatic nitrogens is 1. The Balaban J connectivity index is 0.000000628. The van der Waals surface area contributed by atoms with Crippen molar-refractivity contribution in [3.05, 3.63) is 30.0 Å². The summed E-state index contributed by atoms with van der Waals surface area (Å²) in [4.78, 5) is 30.0. The van der Waals surface area contributed by atoms with Crippen molar-refractivity contribution in [3.8, 4) is 0 Å². The number of hydrogen-bond donors (Lipinski definition) is 1. The van der Waals surface area contributed by atoms with Crippen molar-refractivity contribution in [2.75, 3.05) is 52.4 Å². The van der Waals surface area contributed by atoms with E-state index in [1.165, 1.54) is 33.2 Å². The Morgan fingerprint density at radius 1 is 1.26 bits per heavy atom. The maximum absolute atomic E-state index is 11.8. The van der Waals surface area contributed by atoms with Crippen molar-refractivity contribution in [1.82, 2.24) is 12.6 Å². The minimum atomic E-state index is -0.560. The molecule has 1 amide bonds. The molecule has 3 radical (unpaired) electrons. The topological polar surface area (TPSA) is 88.4 Å². The molecule has 1 saturated heterocycles. The number of oxime groups is 1. The molecule has 1 aromatic carbocycles. The van der Waals surface area contributed by atoms with Crippen LogP contribution >= 0.6 is 0 Å². The molecule has 10 heteroatoms. The molecule has 1 aromatic heterocycles. The van der Waals surface area contributed by atoms with E-state index in [1.54, 1.807) is 0 Å². The molecule has 0 spiro atoms. The molecule has 1 aliphatic carbocycles. The zero-order valence-electron chi connectivity index (χ0n) is 18.1. The third-order valence-electron chi connectivity index (χ3n) is 5.28. The van der Waals surface area contributed by atoms with E-state index in [1.807, 2.05) is 16.7 Å². The van der Waals surface area contributed by atoms with E-state index in [4.69, 9.17) is 9.57 Å². The summed E-state index contributed by atoms with van der Waals surface area (Å²) in [5, 5.41) is 7.61. The monoisotopic (exact) mass is 622 g/mol. The summed E-state index contributed by atoms with van der Waals surface area (Å²) < 4.78 is 9.53. The van der Waals surface area contributed by atoms with Gasteiger partial charge in [0.05, 0.1) is 18.9 Å². The number of carbonyl (C=O) groups excluding carboxylic acids is 2. The van der Waals surface area contributed by atoms with E-state index in [0.717, 1.165) is 62.0 Å². The van der Waals surface area contributed by atoms with Crippen LogP contribution in [0.2, 0.25) is 0 Å². The molecule has 31 heavy (non-hydrogen) atoms. The van der Waals surface area contributed by atoms with Gasteiger partial charge in [-0.05, 0) is 37.1 Å². The van der Waals surface area contributed by atoms with E-state index in [2.05, 4.69) is 44.3 Å². The maximum atomic E-state index is 11.8. The van der Waals surface area contributed by atoms with Crippen molar-refractivity contribution in [2.45, 2.75) is 18.4 Å². The zero-order valence-corrected chi connectivity index (χ0v) is 22.0. The fourth-order valence-electron chi connectivity index (χ4n) is 3.88. The Morgan fingerprint density at radius 2 is 1.94 bits per heavy atom. The summed E-state index contributed by atoms with van der Waals surface area (Å²) in [5.41, 5.74) is 2.04.